The van der Waals surface area contributed by atoms with Gasteiger partial charge in [0.05, 0.1) is 27.1 Å². The zero-order chi connectivity index (χ0) is 20.6. The third kappa shape index (κ3) is 3.98. The number of aromatic nitrogens is 2. The van der Waals surface area contributed by atoms with Crippen LogP contribution in [0.25, 0.3) is 10.9 Å². The molecular formula is C19H16BrClN4O3. The fourth-order valence-electron chi connectivity index (χ4n) is 2.60. The summed E-state index contributed by atoms with van der Waals surface area (Å²) in [6, 6.07) is 9.35. The first-order valence-corrected chi connectivity index (χ1v) is 9.46. The Bertz CT molecular complexity index is 1180. The number of non-ortho nitro benzene ring substituents is 1. The Morgan fingerprint density at radius 1 is 1.25 bits per heavy atom. The van der Waals surface area contributed by atoms with Crippen LogP contribution in [0.2, 0.25) is 5.02 Å². The summed E-state index contributed by atoms with van der Waals surface area (Å²) in [6.07, 6.45) is 1.40. The topological polar surface area (TPSA) is 90.4 Å². The second-order valence-corrected chi connectivity index (χ2v) is 8.49. The van der Waals surface area contributed by atoms with E-state index >= 15 is 0 Å². The van der Waals surface area contributed by atoms with Crippen molar-refractivity contribution in [1.29, 1.82) is 0 Å². The van der Waals surface area contributed by atoms with E-state index in [1.165, 1.54) is 29.1 Å². The van der Waals surface area contributed by atoms with Gasteiger partial charge in [0, 0.05) is 27.6 Å². The van der Waals surface area contributed by atoms with E-state index in [1.54, 1.807) is 12.1 Å². The molecule has 0 atom stereocenters. The van der Waals surface area contributed by atoms with Crippen LogP contribution in [-0.4, -0.2) is 20.8 Å². The van der Waals surface area contributed by atoms with E-state index in [9.17, 15) is 14.9 Å². The molecule has 0 aliphatic heterocycles. The highest BCUT2D eigenvalue weighted by molar-refractivity contribution is 9.10. The van der Waals surface area contributed by atoms with Crippen LogP contribution in [0, 0.1) is 10.1 Å². The summed E-state index contributed by atoms with van der Waals surface area (Å²) >= 11 is 9.49. The maximum absolute atomic E-state index is 13.1. The number of fused-ring (bicyclic) bond motifs is 1. The lowest BCUT2D eigenvalue weighted by Crippen LogP contribution is -2.29. The molecule has 0 unspecified atom stereocenters. The summed E-state index contributed by atoms with van der Waals surface area (Å²) in [5, 5.41) is 15.7. The summed E-state index contributed by atoms with van der Waals surface area (Å²) in [7, 11) is 0. The predicted molar refractivity (Wildman–Crippen MR) is 114 cm³/mol. The first-order chi connectivity index (χ1) is 13.1. The number of nitro groups is 1. The number of rotatable bonds is 3. The lowest BCUT2D eigenvalue weighted by atomic mass is 9.95. The Morgan fingerprint density at radius 2 is 1.96 bits per heavy atom. The second kappa shape index (κ2) is 7.44. The van der Waals surface area contributed by atoms with Gasteiger partial charge in [-0.05, 0) is 24.3 Å². The minimum atomic E-state index is -0.528. The van der Waals surface area contributed by atoms with Crippen LogP contribution >= 0.6 is 27.5 Å². The number of nitrogens with zero attached hydrogens (tertiary/aromatic N) is 4. The quantitative estimate of drug-likeness (QED) is 0.314. The fourth-order valence-corrected chi connectivity index (χ4v) is 3.18. The molecule has 0 spiro atoms. The molecule has 3 rings (SSSR count). The van der Waals surface area contributed by atoms with Crippen molar-refractivity contribution in [1.82, 2.24) is 9.66 Å². The molecule has 7 nitrogen and oxygen atoms in total. The number of nitro benzene ring substituents is 1. The summed E-state index contributed by atoms with van der Waals surface area (Å²) in [5.41, 5.74) is 0.153. The average Bonchev–Trinajstić information content (AvgIpc) is 2.61. The van der Waals surface area contributed by atoms with E-state index in [2.05, 4.69) is 26.0 Å². The van der Waals surface area contributed by atoms with Gasteiger partial charge in [-0.2, -0.15) is 9.78 Å². The van der Waals surface area contributed by atoms with Crippen molar-refractivity contribution in [3.63, 3.8) is 0 Å². The lowest BCUT2D eigenvalue weighted by molar-refractivity contribution is -0.384. The van der Waals surface area contributed by atoms with Gasteiger partial charge in [-0.3, -0.25) is 14.9 Å². The molecule has 0 aliphatic carbocycles. The van der Waals surface area contributed by atoms with E-state index in [0.717, 1.165) is 4.47 Å². The second-order valence-electron chi connectivity index (χ2n) is 7.17. The Labute approximate surface area is 173 Å². The van der Waals surface area contributed by atoms with E-state index in [4.69, 9.17) is 11.6 Å². The van der Waals surface area contributed by atoms with Crippen LogP contribution in [0.5, 0.6) is 0 Å². The monoisotopic (exact) mass is 462 g/mol. The SMILES string of the molecule is CC(C)(C)c1nc2ccc(Br)cc2c(=O)n1N=Cc1ccc([N+](=O)[O-])cc1Cl. The third-order valence-corrected chi connectivity index (χ3v) is 4.81. The molecule has 9 heteroatoms. The molecule has 0 bridgehead atoms. The van der Waals surface area contributed by atoms with Crippen LogP contribution in [-0.2, 0) is 5.41 Å². The van der Waals surface area contributed by atoms with E-state index in [1.807, 2.05) is 26.8 Å². The summed E-state index contributed by atoms with van der Waals surface area (Å²) in [4.78, 5) is 28.0. The number of hydrogen-bond acceptors (Lipinski definition) is 5. The molecule has 3 aromatic rings. The van der Waals surface area contributed by atoms with Crippen molar-refractivity contribution in [2.24, 2.45) is 5.10 Å². The van der Waals surface area contributed by atoms with Crippen molar-refractivity contribution in [3.05, 3.63) is 77.7 Å². The molecular weight excluding hydrogens is 448 g/mol. The number of halogens is 2. The van der Waals surface area contributed by atoms with E-state index in [-0.39, 0.29) is 16.3 Å². The highest BCUT2D eigenvalue weighted by atomic mass is 79.9. The molecule has 1 aromatic heterocycles. The molecule has 0 aliphatic rings. The molecule has 0 N–H and O–H groups in total. The Hall–Kier alpha value is -2.58. The van der Waals surface area contributed by atoms with Crippen LogP contribution < -0.4 is 5.56 Å². The smallest absolute Gasteiger partial charge is 0.267 e. The largest absolute Gasteiger partial charge is 0.282 e. The predicted octanol–water partition coefficient (Wildman–Crippen LogP) is 4.90. The zero-order valence-corrected chi connectivity index (χ0v) is 17.7. The minimum Gasteiger partial charge on any atom is -0.267 e. The van der Waals surface area contributed by atoms with E-state index < -0.39 is 10.3 Å². The maximum Gasteiger partial charge on any atom is 0.282 e. The van der Waals surface area contributed by atoms with Crippen molar-refractivity contribution in [3.8, 4) is 0 Å². The van der Waals surface area contributed by atoms with Crippen LogP contribution in [0.4, 0.5) is 5.69 Å². The standard InChI is InChI=1S/C19H16BrClN4O3/c1-19(2,3)18-23-16-7-5-12(20)8-14(16)17(26)24(18)22-10-11-4-6-13(25(27)28)9-15(11)21/h4-10H,1-3H3. The molecule has 2 aromatic carbocycles. The first-order valence-electron chi connectivity index (χ1n) is 8.29. The van der Waals surface area contributed by atoms with Crippen LogP contribution in [0.1, 0.15) is 32.2 Å². The third-order valence-electron chi connectivity index (χ3n) is 3.99. The summed E-state index contributed by atoms with van der Waals surface area (Å²) in [6.45, 7) is 5.80. The highest BCUT2D eigenvalue weighted by Crippen LogP contribution is 2.24. The molecule has 0 saturated carbocycles. The Morgan fingerprint density at radius 3 is 2.57 bits per heavy atom. The molecule has 0 amide bonds. The van der Waals surface area contributed by atoms with Gasteiger partial charge in [-0.25, -0.2) is 4.98 Å². The van der Waals surface area contributed by atoms with Crippen LogP contribution in [0.15, 0.2) is 50.8 Å². The van der Waals surface area contributed by atoms with Crippen molar-refractivity contribution < 1.29 is 4.92 Å². The highest BCUT2D eigenvalue weighted by Gasteiger charge is 2.23. The molecule has 0 saturated heterocycles. The average molecular weight is 464 g/mol. The van der Waals surface area contributed by atoms with Gasteiger partial charge in [-0.1, -0.05) is 48.3 Å². The molecule has 0 radical (unpaired) electrons. The first kappa shape index (κ1) is 20.2. The minimum absolute atomic E-state index is 0.119. The normalized spacial score (nSPS) is 12.0. The van der Waals surface area contributed by atoms with Gasteiger partial charge in [-0.15, -0.1) is 0 Å². The Kier molecular flexibility index (Phi) is 5.36. The zero-order valence-electron chi connectivity index (χ0n) is 15.3. The van der Waals surface area contributed by atoms with Crippen molar-refractivity contribution in [2.45, 2.75) is 26.2 Å². The molecule has 1 heterocycles. The Balaban J connectivity index is 2.19. The summed E-state index contributed by atoms with van der Waals surface area (Å²) < 4.78 is 2.00. The van der Waals surface area contributed by atoms with Crippen LogP contribution in [0.3, 0.4) is 0 Å². The molecule has 28 heavy (non-hydrogen) atoms. The van der Waals surface area contributed by atoms with Gasteiger partial charge in [0.1, 0.15) is 5.82 Å². The molecule has 144 valence electrons. The van der Waals surface area contributed by atoms with Gasteiger partial charge < -0.3 is 0 Å². The van der Waals surface area contributed by atoms with Gasteiger partial charge in [0.25, 0.3) is 11.2 Å². The molecule has 0 fully saturated rings. The number of hydrogen-bond donors (Lipinski definition) is 0. The lowest BCUT2D eigenvalue weighted by Gasteiger charge is -2.20. The number of benzene rings is 2. The van der Waals surface area contributed by atoms with Gasteiger partial charge >= 0.3 is 0 Å². The maximum atomic E-state index is 13.1. The van der Waals surface area contributed by atoms with Crippen molar-refractivity contribution >= 4 is 50.3 Å². The van der Waals surface area contributed by atoms with Crippen molar-refractivity contribution in [2.75, 3.05) is 0 Å². The van der Waals surface area contributed by atoms with Gasteiger partial charge in [0.15, 0.2) is 0 Å². The van der Waals surface area contributed by atoms with E-state index in [0.29, 0.717) is 22.3 Å². The van der Waals surface area contributed by atoms with Gasteiger partial charge in [0.2, 0.25) is 0 Å². The summed E-state index contributed by atoms with van der Waals surface area (Å²) in [5.74, 6) is 0.488. The fraction of sp³-hybridized carbons (Fsp3) is 0.211.